The van der Waals surface area contributed by atoms with Crippen LogP contribution in [0.2, 0.25) is 10.2 Å². The number of piperidine rings is 1. The lowest BCUT2D eigenvalue weighted by Crippen LogP contribution is -2.34. The molecular formula is C21H24Cl2F2N2O. The smallest absolute Gasteiger partial charge is 0.150 e. The third-order valence-corrected chi connectivity index (χ3v) is 5.75. The lowest BCUT2D eigenvalue weighted by Gasteiger charge is -2.32. The van der Waals surface area contributed by atoms with Crippen molar-refractivity contribution >= 4 is 23.2 Å². The fraction of sp³-hybridized carbons (Fsp3) is 0.476. The van der Waals surface area contributed by atoms with Gasteiger partial charge in [-0.15, -0.1) is 0 Å². The van der Waals surface area contributed by atoms with Crippen molar-refractivity contribution in [2.75, 3.05) is 13.1 Å². The molecule has 1 aromatic heterocycles. The largest absolute Gasteiger partial charge is 0.386 e. The Morgan fingerprint density at radius 1 is 1.18 bits per heavy atom. The average Bonchev–Trinajstić information content (AvgIpc) is 2.62. The van der Waals surface area contributed by atoms with Gasteiger partial charge in [0.15, 0.2) is 5.82 Å². The van der Waals surface area contributed by atoms with Crippen molar-refractivity contribution in [1.29, 1.82) is 0 Å². The second-order valence-electron chi connectivity index (χ2n) is 7.95. The average molecular weight is 429 g/mol. The van der Waals surface area contributed by atoms with Crippen LogP contribution in [0.1, 0.15) is 43.5 Å². The maximum Gasteiger partial charge on any atom is 0.150 e. The molecule has 1 N–H and O–H groups in total. The molecular weight excluding hydrogens is 405 g/mol. The van der Waals surface area contributed by atoms with Crippen molar-refractivity contribution in [2.24, 2.45) is 5.92 Å². The Labute approximate surface area is 174 Å². The van der Waals surface area contributed by atoms with Gasteiger partial charge in [-0.05, 0) is 64.3 Å². The minimum Gasteiger partial charge on any atom is -0.386 e. The number of hydrogen-bond acceptors (Lipinski definition) is 3. The van der Waals surface area contributed by atoms with Crippen LogP contribution in [0.25, 0.3) is 0 Å². The third kappa shape index (κ3) is 5.01. The van der Waals surface area contributed by atoms with E-state index in [4.69, 9.17) is 23.2 Å². The zero-order valence-electron chi connectivity index (χ0n) is 16.0. The van der Waals surface area contributed by atoms with Gasteiger partial charge in [0.25, 0.3) is 0 Å². The fourth-order valence-corrected chi connectivity index (χ4v) is 4.07. The van der Waals surface area contributed by atoms with Gasteiger partial charge < -0.3 is 5.11 Å². The first-order valence-corrected chi connectivity index (χ1v) is 10.1. The summed E-state index contributed by atoms with van der Waals surface area (Å²) in [6, 6.07) is 6.42. The van der Waals surface area contributed by atoms with E-state index in [0.717, 1.165) is 25.9 Å². The third-order valence-electron chi connectivity index (χ3n) is 5.27. The fourth-order valence-electron chi connectivity index (χ4n) is 3.66. The summed E-state index contributed by atoms with van der Waals surface area (Å²) in [5, 5.41) is 10.5. The van der Waals surface area contributed by atoms with Crippen molar-refractivity contribution in [2.45, 2.75) is 45.3 Å². The van der Waals surface area contributed by atoms with E-state index in [1.54, 1.807) is 18.2 Å². The minimum atomic E-state index is -1.32. The van der Waals surface area contributed by atoms with Crippen molar-refractivity contribution in [1.82, 2.24) is 9.88 Å². The van der Waals surface area contributed by atoms with Crippen LogP contribution in [-0.4, -0.2) is 28.1 Å². The lowest BCUT2D eigenvalue weighted by atomic mass is 9.90. The number of halogens is 4. The van der Waals surface area contributed by atoms with Crippen molar-refractivity contribution < 1.29 is 13.9 Å². The number of aliphatic hydroxyl groups is 1. The number of benzene rings is 1. The Morgan fingerprint density at radius 3 is 2.50 bits per heavy atom. The zero-order chi connectivity index (χ0) is 20.5. The molecule has 1 aromatic carbocycles. The summed E-state index contributed by atoms with van der Waals surface area (Å²) in [5.74, 6) is -0.591. The Hall–Kier alpha value is -1.27. The molecule has 0 radical (unpaired) electrons. The van der Waals surface area contributed by atoms with Gasteiger partial charge in [-0.25, -0.2) is 13.8 Å². The van der Waals surface area contributed by atoms with Crippen molar-refractivity contribution in [3.63, 3.8) is 0 Å². The highest BCUT2D eigenvalue weighted by Gasteiger charge is 2.27. The van der Waals surface area contributed by atoms with Crippen LogP contribution >= 0.6 is 23.2 Å². The van der Waals surface area contributed by atoms with E-state index < -0.39 is 11.4 Å². The van der Waals surface area contributed by atoms with Crippen LogP contribution in [0.4, 0.5) is 8.78 Å². The van der Waals surface area contributed by atoms with Gasteiger partial charge in [-0.2, -0.15) is 0 Å². The number of rotatable bonds is 5. The van der Waals surface area contributed by atoms with Gasteiger partial charge in [0.2, 0.25) is 0 Å². The standard InChI is InChI=1S/C21H24Cl2F2N2O/c1-21(2,28)15-11-18(23)26-17(20(15)25)10-13-6-8-27(9-7-13)12-14-4-3-5-16(22)19(14)24/h3-5,11,13,28H,6-10,12H2,1-2H3. The normalized spacial score (nSPS) is 16.5. The molecule has 2 aromatic rings. The number of likely N-dealkylation sites (tertiary alicyclic amines) is 1. The molecule has 7 heteroatoms. The van der Waals surface area contributed by atoms with Gasteiger partial charge in [0.05, 0.1) is 16.3 Å². The highest BCUT2D eigenvalue weighted by molar-refractivity contribution is 6.30. The monoisotopic (exact) mass is 428 g/mol. The molecule has 0 bridgehead atoms. The van der Waals surface area contributed by atoms with E-state index in [0.29, 0.717) is 24.2 Å². The maximum atomic E-state index is 14.8. The Morgan fingerprint density at radius 2 is 1.86 bits per heavy atom. The van der Waals surface area contributed by atoms with Gasteiger partial charge in [0, 0.05) is 17.7 Å². The Bertz CT molecular complexity index is 847. The molecule has 3 rings (SSSR count). The van der Waals surface area contributed by atoms with E-state index in [9.17, 15) is 13.9 Å². The molecule has 0 aliphatic carbocycles. The van der Waals surface area contributed by atoms with Gasteiger partial charge in [-0.1, -0.05) is 35.3 Å². The highest BCUT2D eigenvalue weighted by Crippen LogP contribution is 2.30. The quantitative estimate of drug-likeness (QED) is 0.652. The molecule has 0 saturated carbocycles. The number of pyridine rings is 1. The van der Waals surface area contributed by atoms with Crippen LogP contribution in [0.5, 0.6) is 0 Å². The summed E-state index contributed by atoms with van der Waals surface area (Å²) in [6.45, 7) is 5.14. The maximum absolute atomic E-state index is 14.8. The van der Waals surface area contributed by atoms with E-state index in [2.05, 4.69) is 9.88 Å². The molecule has 1 aliphatic heterocycles. The summed E-state index contributed by atoms with van der Waals surface area (Å²) in [5.41, 5.74) is -0.279. The predicted molar refractivity (Wildman–Crippen MR) is 108 cm³/mol. The molecule has 0 unspecified atom stereocenters. The number of aromatic nitrogens is 1. The Balaban J connectivity index is 1.63. The van der Waals surface area contributed by atoms with E-state index in [-0.39, 0.29) is 27.5 Å². The highest BCUT2D eigenvalue weighted by atomic mass is 35.5. The lowest BCUT2D eigenvalue weighted by molar-refractivity contribution is 0.0740. The number of hydrogen-bond donors (Lipinski definition) is 1. The van der Waals surface area contributed by atoms with E-state index in [1.165, 1.54) is 19.9 Å². The van der Waals surface area contributed by atoms with E-state index in [1.807, 2.05) is 0 Å². The molecule has 1 saturated heterocycles. The van der Waals surface area contributed by atoms with Crippen LogP contribution in [-0.2, 0) is 18.6 Å². The second kappa shape index (κ2) is 8.62. The summed E-state index contributed by atoms with van der Waals surface area (Å²) >= 11 is 11.9. The molecule has 1 aliphatic rings. The molecule has 0 amide bonds. The predicted octanol–water partition coefficient (Wildman–Crippen LogP) is 5.35. The molecule has 0 spiro atoms. The summed E-state index contributed by atoms with van der Waals surface area (Å²) in [7, 11) is 0. The van der Waals surface area contributed by atoms with Crippen LogP contribution in [0, 0.1) is 17.6 Å². The zero-order valence-corrected chi connectivity index (χ0v) is 17.5. The summed E-state index contributed by atoms with van der Waals surface area (Å²) in [4.78, 5) is 6.33. The van der Waals surface area contributed by atoms with E-state index >= 15 is 0 Å². The summed E-state index contributed by atoms with van der Waals surface area (Å²) < 4.78 is 28.9. The molecule has 1 fully saturated rings. The van der Waals surface area contributed by atoms with Crippen LogP contribution in [0.3, 0.4) is 0 Å². The first kappa shape index (κ1) is 21.4. The van der Waals surface area contributed by atoms with Crippen molar-refractivity contribution in [3.05, 3.63) is 62.9 Å². The summed E-state index contributed by atoms with van der Waals surface area (Å²) in [6.07, 6.45) is 2.18. The minimum absolute atomic E-state index is 0.137. The first-order valence-electron chi connectivity index (χ1n) is 9.38. The molecule has 152 valence electrons. The first-order chi connectivity index (χ1) is 13.1. The van der Waals surface area contributed by atoms with Crippen LogP contribution < -0.4 is 0 Å². The molecule has 3 nitrogen and oxygen atoms in total. The van der Waals surface area contributed by atoms with Gasteiger partial charge in [0.1, 0.15) is 11.0 Å². The Kier molecular flexibility index (Phi) is 6.60. The van der Waals surface area contributed by atoms with Crippen molar-refractivity contribution in [3.8, 4) is 0 Å². The van der Waals surface area contributed by atoms with Gasteiger partial charge in [-0.3, -0.25) is 4.90 Å². The molecule has 28 heavy (non-hydrogen) atoms. The topological polar surface area (TPSA) is 36.4 Å². The second-order valence-corrected chi connectivity index (χ2v) is 8.74. The SMILES string of the molecule is CC(C)(O)c1cc(Cl)nc(CC2CCN(Cc3cccc(Cl)c3F)CC2)c1F. The molecule has 2 heterocycles. The van der Waals surface area contributed by atoms with Crippen LogP contribution in [0.15, 0.2) is 24.3 Å². The molecule has 0 atom stereocenters. The van der Waals surface area contributed by atoms with Gasteiger partial charge >= 0.3 is 0 Å². The number of nitrogens with zero attached hydrogens (tertiary/aromatic N) is 2.